The monoisotopic (exact) mass is 270 g/mol. The molecule has 19 heavy (non-hydrogen) atoms. The minimum Gasteiger partial charge on any atom is -0.364 e. The minimum atomic E-state index is -0.289. The highest BCUT2D eigenvalue weighted by atomic mass is 16.5. The van der Waals surface area contributed by atoms with E-state index in [-0.39, 0.29) is 24.2 Å². The first-order chi connectivity index (χ1) is 8.71. The van der Waals surface area contributed by atoms with Gasteiger partial charge in [-0.3, -0.25) is 4.79 Å². The van der Waals surface area contributed by atoms with Crippen molar-refractivity contribution >= 4 is 5.91 Å². The maximum Gasteiger partial charge on any atom is 0.248 e. The van der Waals surface area contributed by atoms with E-state index in [4.69, 9.17) is 10.5 Å². The Morgan fingerprint density at radius 3 is 2.21 bits per heavy atom. The molecule has 1 fully saturated rings. The lowest BCUT2D eigenvalue weighted by molar-refractivity contribution is -0.147. The van der Waals surface area contributed by atoms with E-state index >= 15 is 0 Å². The zero-order chi connectivity index (χ0) is 14.7. The first kappa shape index (κ1) is 16.4. The second-order valence-electron chi connectivity index (χ2n) is 6.94. The molecule has 0 heterocycles. The second kappa shape index (κ2) is 6.23. The van der Waals surface area contributed by atoms with Gasteiger partial charge in [0.1, 0.15) is 6.61 Å². The number of amides is 1. The van der Waals surface area contributed by atoms with Gasteiger partial charge in [0.2, 0.25) is 5.91 Å². The Bertz CT molecular complexity index is 303. The van der Waals surface area contributed by atoms with Gasteiger partial charge in [-0.25, -0.2) is 0 Å². The lowest BCUT2D eigenvalue weighted by Crippen LogP contribution is -2.48. The van der Waals surface area contributed by atoms with Crippen LogP contribution in [0.25, 0.3) is 0 Å². The maximum absolute atomic E-state index is 12.0. The van der Waals surface area contributed by atoms with Crippen LogP contribution in [-0.4, -0.2) is 42.6 Å². The third kappa shape index (κ3) is 4.46. The van der Waals surface area contributed by atoms with E-state index in [9.17, 15) is 4.79 Å². The summed E-state index contributed by atoms with van der Waals surface area (Å²) in [6.45, 7) is 9.21. The number of carbonyl (C=O) groups is 1. The molecule has 1 rings (SSSR count). The summed E-state index contributed by atoms with van der Waals surface area (Å²) in [5.41, 5.74) is 5.99. The summed E-state index contributed by atoms with van der Waals surface area (Å²) in [7, 11) is 1.81. The molecule has 0 aromatic rings. The van der Waals surface area contributed by atoms with Crippen molar-refractivity contribution in [2.75, 3.05) is 20.2 Å². The van der Waals surface area contributed by atoms with Crippen molar-refractivity contribution in [3.8, 4) is 0 Å². The van der Waals surface area contributed by atoms with Gasteiger partial charge in [-0.05, 0) is 44.9 Å². The molecule has 0 radical (unpaired) electrons. The smallest absolute Gasteiger partial charge is 0.248 e. The molecule has 1 amide bonds. The molecule has 0 atom stereocenters. The lowest BCUT2D eigenvalue weighted by Gasteiger charge is -2.42. The number of likely N-dealkylation sites (N-methyl/N-ethyl adjacent to an activating group) is 1. The van der Waals surface area contributed by atoms with Crippen LogP contribution >= 0.6 is 0 Å². The van der Waals surface area contributed by atoms with Crippen LogP contribution in [0.5, 0.6) is 0 Å². The maximum atomic E-state index is 12.0. The normalized spacial score (nSPS) is 21.4. The molecule has 1 aliphatic rings. The molecule has 0 aromatic carbocycles. The van der Waals surface area contributed by atoms with Gasteiger partial charge >= 0.3 is 0 Å². The number of nitrogens with two attached hydrogens (primary N) is 1. The molecule has 0 unspecified atom stereocenters. The predicted octanol–water partition coefficient (Wildman–Crippen LogP) is 2.17. The first-order valence-electron chi connectivity index (χ1n) is 7.31. The van der Waals surface area contributed by atoms with E-state index in [0.29, 0.717) is 12.0 Å². The second-order valence-corrected chi connectivity index (χ2v) is 6.94. The van der Waals surface area contributed by atoms with E-state index < -0.39 is 0 Å². The quantitative estimate of drug-likeness (QED) is 0.833. The highest BCUT2D eigenvalue weighted by Gasteiger charge is 2.38. The fraction of sp³-hybridized carbons (Fsp3) is 0.933. The van der Waals surface area contributed by atoms with Gasteiger partial charge in [0.25, 0.3) is 0 Å². The molecule has 1 aliphatic carbocycles. The molecule has 4 nitrogen and oxygen atoms in total. The van der Waals surface area contributed by atoms with E-state index in [0.717, 1.165) is 25.7 Å². The molecule has 4 heteroatoms. The van der Waals surface area contributed by atoms with Gasteiger partial charge in [0.05, 0.1) is 5.60 Å². The van der Waals surface area contributed by atoms with Crippen LogP contribution in [0.4, 0.5) is 0 Å². The topological polar surface area (TPSA) is 55.6 Å². The van der Waals surface area contributed by atoms with Crippen LogP contribution < -0.4 is 5.73 Å². The van der Waals surface area contributed by atoms with Gasteiger partial charge in [-0.15, -0.1) is 0 Å². The number of carbonyl (C=O) groups excluding carboxylic acids is 1. The number of ether oxygens (including phenoxy) is 1. The summed E-state index contributed by atoms with van der Waals surface area (Å²) in [5, 5.41) is 0. The van der Waals surface area contributed by atoms with Crippen molar-refractivity contribution in [3.63, 3.8) is 0 Å². The molecular formula is C15H30N2O2. The summed E-state index contributed by atoms with van der Waals surface area (Å²) in [6.07, 6.45) is 4.13. The molecule has 0 aliphatic heterocycles. The summed E-state index contributed by atoms with van der Waals surface area (Å²) in [6, 6.07) is 0.204. The van der Waals surface area contributed by atoms with Crippen molar-refractivity contribution < 1.29 is 9.53 Å². The van der Waals surface area contributed by atoms with E-state index in [1.165, 1.54) is 0 Å². The van der Waals surface area contributed by atoms with Crippen LogP contribution in [0.15, 0.2) is 0 Å². The molecular weight excluding hydrogens is 240 g/mol. The Balaban J connectivity index is 2.52. The van der Waals surface area contributed by atoms with Crippen molar-refractivity contribution in [2.24, 2.45) is 11.1 Å². The standard InChI is InChI=1S/C15H30N2O2/c1-12(2)17(5)13(18)10-19-15(11-16)8-6-14(3,4)7-9-15/h12H,6-11,16H2,1-5H3. The Kier molecular flexibility index (Phi) is 5.39. The van der Waals surface area contributed by atoms with Crippen molar-refractivity contribution in [1.29, 1.82) is 0 Å². The highest BCUT2D eigenvalue weighted by molar-refractivity contribution is 5.77. The predicted molar refractivity (Wildman–Crippen MR) is 77.9 cm³/mol. The Morgan fingerprint density at radius 2 is 1.79 bits per heavy atom. The Hall–Kier alpha value is -0.610. The zero-order valence-electron chi connectivity index (χ0n) is 13.2. The average Bonchev–Trinajstić information content (AvgIpc) is 2.37. The fourth-order valence-corrected chi connectivity index (χ4v) is 2.39. The average molecular weight is 270 g/mol. The molecule has 1 saturated carbocycles. The van der Waals surface area contributed by atoms with Crippen molar-refractivity contribution in [3.05, 3.63) is 0 Å². The third-order valence-corrected chi connectivity index (χ3v) is 4.56. The Morgan fingerprint density at radius 1 is 1.26 bits per heavy atom. The summed E-state index contributed by atoms with van der Waals surface area (Å²) >= 11 is 0. The largest absolute Gasteiger partial charge is 0.364 e. The molecule has 0 bridgehead atoms. The van der Waals surface area contributed by atoms with E-state index in [1.54, 1.807) is 4.90 Å². The molecule has 0 saturated heterocycles. The van der Waals surface area contributed by atoms with Gasteiger partial charge in [0.15, 0.2) is 0 Å². The summed E-state index contributed by atoms with van der Waals surface area (Å²) < 4.78 is 5.93. The fourth-order valence-electron chi connectivity index (χ4n) is 2.39. The minimum absolute atomic E-state index is 0.0349. The highest BCUT2D eigenvalue weighted by Crippen LogP contribution is 2.41. The van der Waals surface area contributed by atoms with E-state index in [2.05, 4.69) is 13.8 Å². The number of nitrogens with zero attached hydrogens (tertiary/aromatic N) is 1. The van der Waals surface area contributed by atoms with Crippen molar-refractivity contribution in [2.45, 2.75) is 65.0 Å². The van der Waals surface area contributed by atoms with E-state index in [1.807, 2.05) is 20.9 Å². The first-order valence-corrected chi connectivity index (χ1v) is 7.31. The molecule has 2 N–H and O–H groups in total. The molecule has 0 spiro atoms. The summed E-state index contributed by atoms with van der Waals surface area (Å²) in [4.78, 5) is 13.7. The van der Waals surface area contributed by atoms with Gasteiger partial charge in [0, 0.05) is 19.6 Å². The number of rotatable bonds is 5. The summed E-state index contributed by atoms with van der Waals surface area (Å²) in [5.74, 6) is 0.0349. The molecule has 0 aromatic heterocycles. The third-order valence-electron chi connectivity index (χ3n) is 4.56. The van der Waals surface area contributed by atoms with Crippen LogP contribution in [0.1, 0.15) is 53.4 Å². The lowest BCUT2D eigenvalue weighted by atomic mass is 9.71. The zero-order valence-corrected chi connectivity index (χ0v) is 13.2. The number of hydrogen-bond donors (Lipinski definition) is 1. The van der Waals surface area contributed by atoms with Crippen molar-refractivity contribution in [1.82, 2.24) is 4.90 Å². The van der Waals surface area contributed by atoms with Gasteiger partial charge < -0.3 is 15.4 Å². The number of hydrogen-bond acceptors (Lipinski definition) is 3. The van der Waals surface area contributed by atoms with Gasteiger partial charge in [-0.2, -0.15) is 0 Å². The molecule has 112 valence electrons. The van der Waals surface area contributed by atoms with Crippen LogP contribution in [0.3, 0.4) is 0 Å². The SMILES string of the molecule is CC(C)N(C)C(=O)COC1(CN)CCC(C)(C)CC1. The Labute approximate surface area is 117 Å². The van der Waals surface area contributed by atoms with Crippen LogP contribution in [0, 0.1) is 5.41 Å². The van der Waals surface area contributed by atoms with Crippen LogP contribution in [-0.2, 0) is 9.53 Å². The van der Waals surface area contributed by atoms with Crippen LogP contribution in [0.2, 0.25) is 0 Å². The van der Waals surface area contributed by atoms with Gasteiger partial charge in [-0.1, -0.05) is 13.8 Å².